The first kappa shape index (κ1) is 16.4. The summed E-state index contributed by atoms with van der Waals surface area (Å²) in [6, 6.07) is 7.96. The Balaban J connectivity index is 1.46. The van der Waals surface area contributed by atoms with Crippen molar-refractivity contribution in [3.05, 3.63) is 52.8 Å². The van der Waals surface area contributed by atoms with Gasteiger partial charge in [0.1, 0.15) is 0 Å². The molecule has 134 valence electrons. The minimum atomic E-state index is -0.0680. The zero-order valence-electron chi connectivity index (χ0n) is 14.5. The highest BCUT2D eigenvalue weighted by Gasteiger charge is 2.25. The van der Waals surface area contributed by atoms with E-state index in [0.29, 0.717) is 11.8 Å². The lowest BCUT2D eigenvalue weighted by atomic mass is 9.91. The Morgan fingerprint density at radius 3 is 2.73 bits per heavy atom. The van der Waals surface area contributed by atoms with E-state index in [2.05, 4.69) is 25.5 Å². The van der Waals surface area contributed by atoms with E-state index in [1.807, 2.05) is 12.1 Å². The number of anilines is 1. The van der Waals surface area contributed by atoms with Crippen LogP contribution in [0.15, 0.2) is 46.0 Å². The molecule has 1 N–H and O–H groups in total. The average Bonchev–Trinajstić information content (AvgIpc) is 3.08. The topological polar surface area (TPSA) is 98.7 Å². The van der Waals surface area contributed by atoms with Crippen molar-refractivity contribution in [2.24, 2.45) is 0 Å². The predicted octanol–water partition coefficient (Wildman–Crippen LogP) is 2.59. The lowest BCUT2D eigenvalue weighted by Gasteiger charge is -2.29. The monoisotopic (exact) mass is 352 g/mol. The molecule has 0 aromatic carbocycles. The highest BCUT2D eigenvalue weighted by Crippen LogP contribution is 2.29. The molecule has 0 atom stereocenters. The van der Waals surface area contributed by atoms with Crippen molar-refractivity contribution in [2.75, 3.05) is 5.32 Å². The number of aryl methyl sites for hydroxylation is 1. The maximum Gasteiger partial charge on any atom is 0.321 e. The van der Waals surface area contributed by atoms with Gasteiger partial charge in [-0.2, -0.15) is 10.1 Å². The number of rotatable bonds is 4. The third kappa shape index (κ3) is 3.49. The van der Waals surface area contributed by atoms with Crippen molar-refractivity contribution in [1.82, 2.24) is 24.9 Å². The third-order valence-electron chi connectivity index (χ3n) is 4.68. The summed E-state index contributed by atoms with van der Waals surface area (Å²) in [5.41, 5.74) is 1.60. The van der Waals surface area contributed by atoms with Gasteiger partial charge in [-0.25, -0.2) is 4.68 Å². The van der Waals surface area contributed by atoms with Gasteiger partial charge >= 0.3 is 6.01 Å². The second-order valence-electron chi connectivity index (χ2n) is 6.54. The summed E-state index contributed by atoms with van der Waals surface area (Å²) >= 11 is 0. The van der Waals surface area contributed by atoms with Gasteiger partial charge in [0.05, 0.1) is 11.7 Å². The van der Waals surface area contributed by atoms with Crippen molar-refractivity contribution < 1.29 is 4.52 Å². The first-order chi connectivity index (χ1) is 12.7. The summed E-state index contributed by atoms with van der Waals surface area (Å²) < 4.78 is 6.74. The number of pyridine rings is 1. The fourth-order valence-electron chi connectivity index (χ4n) is 3.35. The number of hydrogen-bond donors (Lipinski definition) is 1. The normalized spacial score (nSPS) is 20.0. The highest BCUT2D eigenvalue weighted by molar-refractivity contribution is 5.56. The van der Waals surface area contributed by atoms with Crippen LogP contribution >= 0.6 is 0 Å². The number of nitrogens with zero attached hydrogens (tertiary/aromatic N) is 5. The molecule has 0 aliphatic heterocycles. The van der Waals surface area contributed by atoms with Crippen LogP contribution in [0.5, 0.6) is 0 Å². The number of aromatic nitrogens is 5. The molecular weight excluding hydrogens is 332 g/mol. The molecule has 0 bridgehead atoms. The van der Waals surface area contributed by atoms with E-state index in [1.54, 1.807) is 36.1 Å². The summed E-state index contributed by atoms with van der Waals surface area (Å²) in [5.74, 6) is 0.615. The molecule has 1 aliphatic carbocycles. The van der Waals surface area contributed by atoms with E-state index in [1.165, 1.54) is 0 Å². The molecule has 0 unspecified atom stereocenters. The van der Waals surface area contributed by atoms with Crippen LogP contribution in [0, 0.1) is 6.92 Å². The van der Waals surface area contributed by atoms with Crippen LogP contribution in [0.25, 0.3) is 11.3 Å². The second-order valence-corrected chi connectivity index (χ2v) is 6.54. The van der Waals surface area contributed by atoms with Gasteiger partial charge in [-0.05, 0) is 50.8 Å². The fraction of sp³-hybridized carbons (Fsp3) is 0.389. The van der Waals surface area contributed by atoms with Crippen molar-refractivity contribution in [3.63, 3.8) is 0 Å². The summed E-state index contributed by atoms with van der Waals surface area (Å²) in [6.45, 7) is 1.79. The molecule has 0 radical (unpaired) electrons. The van der Waals surface area contributed by atoms with E-state index in [0.717, 1.165) is 36.9 Å². The first-order valence-electron chi connectivity index (χ1n) is 8.76. The molecule has 26 heavy (non-hydrogen) atoms. The van der Waals surface area contributed by atoms with E-state index < -0.39 is 0 Å². The van der Waals surface area contributed by atoms with E-state index >= 15 is 0 Å². The van der Waals surface area contributed by atoms with Crippen molar-refractivity contribution in [3.8, 4) is 11.3 Å². The van der Waals surface area contributed by atoms with Crippen molar-refractivity contribution >= 4 is 6.01 Å². The van der Waals surface area contributed by atoms with Gasteiger partial charge in [0.2, 0.25) is 0 Å². The van der Waals surface area contributed by atoms with Gasteiger partial charge < -0.3 is 9.84 Å². The van der Waals surface area contributed by atoms with Crippen LogP contribution in [0.4, 0.5) is 6.01 Å². The molecule has 8 nitrogen and oxygen atoms in total. The lowest BCUT2D eigenvalue weighted by molar-refractivity contribution is 0.300. The van der Waals surface area contributed by atoms with Crippen LogP contribution in [-0.2, 0) is 0 Å². The maximum absolute atomic E-state index is 12.3. The molecule has 0 saturated heterocycles. The molecule has 3 aromatic heterocycles. The first-order valence-corrected chi connectivity index (χ1v) is 8.76. The Bertz CT molecular complexity index is 928. The largest absolute Gasteiger partial charge is 0.335 e. The Morgan fingerprint density at radius 1 is 1.19 bits per heavy atom. The SMILES string of the molecule is Cc1noc(NC2CCC(n3nc(-c4cccnc4)ccc3=O)CC2)n1. The highest BCUT2D eigenvalue weighted by atomic mass is 16.5. The van der Waals surface area contributed by atoms with Crippen LogP contribution in [0.2, 0.25) is 0 Å². The zero-order chi connectivity index (χ0) is 17.9. The smallest absolute Gasteiger partial charge is 0.321 e. The molecule has 0 spiro atoms. The Morgan fingerprint density at radius 2 is 2.04 bits per heavy atom. The Hall–Kier alpha value is -3.03. The molecule has 8 heteroatoms. The zero-order valence-corrected chi connectivity index (χ0v) is 14.5. The van der Waals surface area contributed by atoms with Gasteiger partial charge in [0.25, 0.3) is 5.56 Å². The summed E-state index contributed by atoms with van der Waals surface area (Å²) in [6.07, 6.45) is 7.04. The number of nitrogens with one attached hydrogen (secondary N) is 1. The summed E-state index contributed by atoms with van der Waals surface area (Å²) in [4.78, 5) is 20.6. The van der Waals surface area contributed by atoms with E-state index in [-0.39, 0.29) is 17.6 Å². The minimum absolute atomic E-state index is 0.0680. The molecular formula is C18H20N6O2. The average molecular weight is 352 g/mol. The fourth-order valence-corrected chi connectivity index (χ4v) is 3.35. The van der Waals surface area contributed by atoms with E-state index in [4.69, 9.17) is 4.52 Å². The molecule has 3 heterocycles. The van der Waals surface area contributed by atoms with Crippen LogP contribution in [-0.4, -0.2) is 30.9 Å². The molecule has 3 aromatic rings. The second kappa shape index (κ2) is 7.07. The lowest BCUT2D eigenvalue weighted by Crippen LogP contribution is -2.33. The van der Waals surface area contributed by atoms with Crippen LogP contribution in [0.1, 0.15) is 37.5 Å². The molecule has 1 saturated carbocycles. The van der Waals surface area contributed by atoms with E-state index in [9.17, 15) is 4.79 Å². The van der Waals surface area contributed by atoms with Crippen LogP contribution < -0.4 is 10.9 Å². The van der Waals surface area contributed by atoms with Gasteiger partial charge in [-0.15, -0.1) is 0 Å². The number of hydrogen-bond acceptors (Lipinski definition) is 7. The maximum atomic E-state index is 12.3. The predicted molar refractivity (Wildman–Crippen MR) is 95.7 cm³/mol. The molecule has 1 aliphatic rings. The Kier molecular flexibility index (Phi) is 4.47. The Labute approximate surface area is 150 Å². The van der Waals surface area contributed by atoms with Crippen LogP contribution in [0.3, 0.4) is 0 Å². The summed E-state index contributed by atoms with van der Waals surface area (Å²) in [5, 5.41) is 11.6. The van der Waals surface area contributed by atoms with Gasteiger partial charge in [0.15, 0.2) is 5.82 Å². The van der Waals surface area contributed by atoms with Gasteiger partial charge in [0, 0.05) is 30.1 Å². The molecule has 0 amide bonds. The van der Waals surface area contributed by atoms with Gasteiger partial charge in [-0.1, -0.05) is 5.16 Å². The molecule has 4 rings (SSSR count). The molecule has 1 fully saturated rings. The third-order valence-corrected chi connectivity index (χ3v) is 4.68. The van der Waals surface area contributed by atoms with Gasteiger partial charge in [-0.3, -0.25) is 9.78 Å². The quantitative estimate of drug-likeness (QED) is 0.770. The standard InChI is InChI=1S/C18H20N6O2/c1-12-20-18(26-23-12)21-14-4-6-15(7-5-14)24-17(25)9-8-16(22-24)13-3-2-10-19-11-13/h2-3,8-11,14-15H,4-7H2,1H3,(H,20,21,23). The summed E-state index contributed by atoms with van der Waals surface area (Å²) in [7, 11) is 0. The minimum Gasteiger partial charge on any atom is -0.335 e. The van der Waals surface area contributed by atoms with Crippen molar-refractivity contribution in [2.45, 2.75) is 44.7 Å². The van der Waals surface area contributed by atoms with Crippen molar-refractivity contribution in [1.29, 1.82) is 0 Å².